The summed E-state index contributed by atoms with van der Waals surface area (Å²) in [5.74, 6) is -0.399. The van der Waals surface area contributed by atoms with Gasteiger partial charge in [-0.2, -0.15) is 0 Å². The average Bonchev–Trinajstić information content (AvgIpc) is 3.04. The molecular weight excluding hydrogens is 443 g/mol. The van der Waals surface area contributed by atoms with Crippen molar-refractivity contribution in [3.05, 3.63) is 85.0 Å². The molecular formula is C20H9Cl3O4S. The molecule has 0 radical (unpaired) electrons. The number of ether oxygens (including phenoxy) is 1. The molecule has 0 amide bonds. The van der Waals surface area contributed by atoms with E-state index in [-0.39, 0.29) is 16.3 Å². The number of carbonyl (C=O) groups is 1. The molecule has 0 aliphatic heterocycles. The SMILES string of the molecule is O=C(Oc1cc(-c2cccc(Cl)c2Cl)c2oc(=O)sc2c1)c1ccccc1Cl. The predicted octanol–water partition coefficient (Wildman–Crippen LogP) is 6.70. The highest BCUT2D eigenvalue weighted by Crippen LogP contribution is 2.40. The second kappa shape index (κ2) is 7.60. The van der Waals surface area contributed by atoms with Crippen molar-refractivity contribution >= 4 is 62.4 Å². The van der Waals surface area contributed by atoms with Gasteiger partial charge in [0.25, 0.3) is 0 Å². The lowest BCUT2D eigenvalue weighted by Crippen LogP contribution is -2.09. The Bertz CT molecular complexity index is 1280. The largest absolute Gasteiger partial charge is 0.423 e. The van der Waals surface area contributed by atoms with E-state index in [0.717, 1.165) is 11.3 Å². The lowest BCUT2D eigenvalue weighted by molar-refractivity contribution is 0.0735. The zero-order valence-electron chi connectivity index (χ0n) is 13.9. The second-order valence-corrected chi connectivity index (χ2v) is 7.89. The van der Waals surface area contributed by atoms with Crippen LogP contribution in [0, 0.1) is 0 Å². The number of carbonyl (C=O) groups excluding carboxylic acids is 1. The number of fused-ring (bicyclic) bond motifs is 1. The van der Waals surface area contributed by atoms with Crippen LogP contribution in [0.3, 0.4) is 0 Å². The van der Waals surface area contributed by atoms with Gasteiger partial charge in [-0.1, -0.05) is 70.4 Å². The van der Waals surface area contributed by atoms with Crippen LogP contribution in [0.4, 0.5) is 0 Å². The van der Waals surface area contributed by atoms with Crippen LogP contribution in [0.25, 0.3) is 21.4 Å². The molecule has 3 aromatic carbocycles. The number of halogens is 3. The number of esters is 1. The molecule has 0 aliphatic rings. The van der Waals surface area contributed by atoms with Crippen molar-refractivity contribution in [3.8, 4) is 16.9 Å². The van der Waals surface area contributed by atoms with E-state index < -0.39 is 10.9 Å². The molecule has 28 heavy (non-hydrogen) atoms. The lowest BCUT2D eigenvalue weighted by Gasteiger charge is -2.10. The van der Waals surface area contributed by atoms with Gasteiger partial charge in [0.2, 0.25) is 0 Å². The van der Waals surface area contributed by atoms with Crippen LogP contribution in [0.15, 0.2) is 63.8 Å². The maximum absolute atomic E-state index is 12.5. The van der Waals surface area contributed by atoms with Crippen molar-refractivity contribution in [1.29, 1.82) is 0 Å². The third kappa shape index (κ3) is 3.54. The first-order chi connectivity index (χ1) is 13.4. The fourth-order valence-electron chi connectivity index (χ4n) is 2.71. The van der Waals surface area contributed by atoms with E-state index in [1.54, 1.807) is 54.6 Å². The standard InChI is InChI=1S/C20H9Cl3O4S/c21-14-6-2-1-4-12(14)19(24)26-10-8-13(11-5-3-7-15(22)17(11)23)18-16(9-10)28-20(25)27-18/h1-9H. The van der Waals surface area contributed by atoms with E-state index in [9.17, 15) is 9.59 Å². The van der Waals surface area contributed by atoms with Gasteiger partial charge in [0.05, 0.1) is 25.3 Å². The summed E-state index contributed by atoms with van der Waals surface area (Å²) in [6.45, 7) is 0. The summed E-state index contributed by atoms with van der Waals surface area (Å²) in [5, 5.41) is 0.928. The lowest BCUT2D eigenvalue weighted by atomic mass is 10.0. The van der Waals surface area contributed by atoms with Crippen LogP contribution >= 0.6 is 46.1 Å². The normalized spacial score (nSPS) is 11.0. The van der Waals surface area contributed by atoms with Crippen molar-refractivity contribution < 1.29 is 13.9 Å². The van der Waals surface area contributed by atoms with Crippen LogP contribution in [-0.2, 0) is 0 Å². The van der Waals surface area contributed by atoms with Crippen LogP contribution in [0.2, 0.25) is 15.1 Å². The summed E-state index contributed by atoms with van der Waals surface area (Å²) < 4.78 is 11.3. The van der Waals surface area contributed by atoms with Gasteiger partial charge >= 0.3 is 10.9 Å². The average molecular weight is 452 g/mol. The van der Waals surface area contributed by atoms with Crippen molar-refractivity contribution in [2.24, 2.45) is 0 Å². The Morgan fingerprint density at radius 3 is 2.46 bits per heavy atom. The highest BCUT2D eigenvalue weighted by molar-refractivity contribution is 7.16. The van der Waals surface area contributed by atoms with Gasteiger partial charge in [-0.3, -0.25) is 0 Å². The van der Waals surface area contributed by atoms with Crippen molar-refractivity contribution in [3.63, 3.8) is 0 Å². The van der Waals surface area contributed by atoms with E-state index in [1.807, 2.05) is 0 Å². The minimum atomic E-state index is -0.621. The van der Waals surface area contributed by atoms with E-state index in [1.165, 1.54) is 0 Å². The molecule has 0 aliphatic carbocycles. The third-order valence-corrected chi connectivity index (χ3v) is 5.87. The zero-order valence-corrected chi connectivity index (χ0v) is 17.0. The highest BCUT2D eigenvalue weighted by atomic mass is 35.5. The molecule has 0 spiro atoms. The van der Waals surface area contributed by atoms with Gasteiger partial charge in [-0.15, -0.1) is 0 Å². The highest BCUT2D eigenvalue weighted by Gasteiger charge is 2.19. The van der Waals surface area contributed by atoms with Gasteiger partial charge in [-0.25, -0.2) is 9.59 Å². The number of hydrogen-bond donors (Lipinski definition) is 0. The van der Waals surface area contributed by atoms with Crippen molar-refractivity contribution in [2.45, 2.75) is 0 Å². The molecule has 4 nitrogen and oxygen atoms in total. The summed E-state index contributed by atoms with van der Waals surface area (Å²) >= 11 is 19.4. The fourth-order valence-corrected chi connectivity index (χ4v) is 4.05. The molecule has 1 heterocycles. The molecule has 0 N–H and O–H groups in total. The van der Waals surface area contributed by atoms with Crippen LogP contribution < -0.4 is 9.68 Å². The van der Waals surface area contributed by atoms with E-state index in [4.69, 9.17) is 44.0 Å². The third-order valence-electron chi connectivity index (χ3n) is 3.95. The Morgan fingerprint density at radius 2 is 1.68 bits per heavy atom. The molecule has 140 valence electrons. The zero-order chi connectivity index (χ0) is 19.8. The maximum Gasteiger partial charge on any atom is 0.396 e. The Morgan fingerprint density at radius 1 is 0.929 bits per heavy atom. The summed E-state index contributed by atoms with van der Waals surface area (Å²) in [5.41, 5.74) is 1.62. The van der Waals surface area contributed by atoms with Gasteiger partial charge < -0.3 is 9.15 Å². The Hall–Kier alpha value is -2.31. The van der Waals surface area contributed by atoms with Gasteiger partial charge in [0.15, 0.2) is 5.58 Å². The summed E-state index contributed by atoms with van der Waals surface area (Å²) in [4.78, 5) is 23.8. The summed E-state index contributed by atoms with van der Waals surface area (Å²) in [6, 6.07) is 14.8. The van der Waals surface area contributed by atoms with E-state index >= 15 is 0 Å². The topological polar surface area (TPSA) is 56.5 Å². The summed E-state index contributed by atoms with van der Waals surface area (Å²) in [7, 11) is 0. The molecule has 0 saturated carbocycles. The van der Waals surface area contributed by atoms with Crippen LogP contribution in [0.5, 0.6) is 5.75 Å². The van der Waals surface area contributed by atoms with Gasteiger partial charge in [0, 0.05) is 17.2 Å². The smallest absolute Gasteiger partial charge is 0.396 e. The minimum absolute atomic E-state index is 0.223. The fraction of sp³-hybridized carbons (Fsp3) is 0. The Labute approximate surface area is 177 Å². The molecule has 0 fully saturated rings. The van der Waals surface area contributed by atoms with Crippen LogP contribution in [-0.4, -0.2) is 5.97 Å². The monoisotopic (exact) mass is 450 g/mol. The molecule has 1 aromatic heterocycles. The second-order valence-electron chi connectivity index (χ2n) is 5.72. The molecule has 0 bridgehead atoms. The number of benzene rings is 3. The first kappa shape index (κ1) is 19.0. The Kier molecular flexibility index (Phi) is 5.17. The first-order valence-corrected chi connectivity index (χ1v) is 9.88. The van der Waals surface area contributed by atoms with Gasteiger partial charge in [0.1, 0.15) is 5.75 Å². The molecule has 0 saturated heterocycles. The van der Waals surface area contributed by atoms with E-state index in [0.29, 0.717) is 31.5 Å². The number of hydrogen-bond acceptors (Lipinski definition) is 5. The Balaban J connectivity index is 1.85. The van der Waals surface area contributed by atoms with E-state index in [2.05, 4.69) is 0 Å². The quantitative estimate of drug-likeness (QED) is 0.257. The minimum Gasteiger partial charge on any atom is -0.423 e. The maximum atomic E-state index is 12.5. The first-order valence-electron chi connectivity index (χ1n) is 7.93. The van der Waals surface area contributed by atoms with Gasteiger partial charge in [-0.05, 0) is 24.3 Å². The molecule has 0 unspecified atom stereocenters. The number of rotatable bonds is 3. The molecule has 8 heteroatoms. The molecule has 0 atom stereocenters. The summed E-state index contributed by atoms with van der Waals surface area (Å²) in [6.07, 6.45) is 0. The van der Waals surface area contributed by atoms with Crippen LogP contribution in [0.1, 0.15) is 10.4 Å². The van der Waals surface area contributed by atoms with Crippen molar-refractivity contribution in [2.75, 3.05) is 0 Å². The van der Waals surface area contributed by atoms with Crippen molar-refractivity contribution in [1.82, 2.24) is 0 Å². The predicted molar refractivity (Wildman–Crippen MR) is 112 cm³/mol. The molecule has 4 aromatic rings. The molecule has 4 rings (SSSR count).